The summed E-state index contributed by atoms with van der Waals surface area (Å²) in [5.74, 6) is 0. The van der Waals surface area contributed by atoms with Gasteiger partial charge in [-0.05, 0) is 22.4 Å². The van der Waals surface area contributed by atoms with Gasteiger partial charge in [0.2, 0.25) is 0 Å². The van der Waals surface area contributed by atoms with Crippen molar-refractivity contribution < 1.29 is 0 Å². The molecule has 0 saturated carbocycles. The zero-order chi connectivity index (χ0) is 12.4. The van der Waals surface area contributed by atoms with E-state index >= 15 is 0 Å². The summed E-state index contributed by atoms with van der Waals surface area (Å²) in [5.41, 5.74) is 7.56. The number of hydrogen-bond donors (Lipinski definition) is 2. The molecule has 1 atom stereocenters. The summed E-state index contributed by atoms with van der Waals surface area (Å²) in [7, 11) is 0. The van der Waals surface area contributed by atoms with Crippen molar-refractivity contribution in [2.24, 2.45) is 5.73 Å². The first-order chi connectivity index (χ1) is 8.84. The Morgan fingerprint density at radius 3 is 2.50 bits per heavy atom. The Kier molecular flexibility index (Phi) is 3.28. The van der Waals surface area contributed by atoms with Gasteiger partial charge in [-0.3, -0.25) is 4.90 Å². The van der Waals surface area contributed by atoms with Gasteiger partial charge in [0, 0.05) is 26.2 Å². The summed E-state index contributed by atoms with van der Waals surface area (Å²) in [4.78, 5) is 2.33. The van der Waals surface area contributed by atoms with E-state index in [1.54, 1.807) is 0 Å². The van der Waals surface area contributed by atoms with E-state index in [9.17, 15) is 0 Å². The molecule has 0 radical (unpaired) electrons. The number of rotatable bonds is 2. The van der Waals surface area contributed by atoms with Gasteiger partial charge in [0.1, 0.15) is 0 Å². The van der Waals surface area contributed by atoms with Crippen molar-refractivity contribution in [2.75, 3.05) is 26.2 Å². The highest BCUT2D eigenvalue weighted by Gasteiger charge is 2.18. The molecule has 0 spiro atoms. The molecule has 2 aromatic rings. The summed E-state index contributed by atoms with van der Waals surface area (Å²) in [6, 6.07) is 14.9. The van der Waals surface area contributed by atoms with Crippen LogP contribution in [0, 0.1) is 0 Å². The van der Waals surface area contributed by atoms with Gasteiger partial charge in [-0.2, -0.15) is 0 Å². The predicted octanol–water partition coefficient (Wildman–Crippen LogP) is 1.70. The number of piperazine rings is 1. The second kappa shape index (κ2) is 5.06. The van der Waals surface area contributed by atoms with Crippen LogP contribution in [0.25, 0.3) is 10.8 Å². The summed E-state index contributed by atoms with van der Waals surface area (Å²) < 4.78 is 0. The number of nitrogens with one attached hydrogen (secondary N) is 1. The van der Waals surface area contributed by atoms with Crippen molar-refractivity contribution in [1.82, 2.24) is 10.2 Å². The van der Waals surface area contributed by atoms with E-state index in [1.807, 2.05) is 0 Å². The molecule has 1 aliphatic heterocycles. The Bertz CT molecular complexity index is 532. The molecule has 1 saturated heterocycles. The van der Waals surface area contributed by atoms with Gasteiger partial charge >= 0.3 is 0 Å². The maximum absolute atomic E-state index is 6.36. The van der Waals surface area contributed by atoms with Gasteiger partial charge in [-0.1, -0.05) is 36.4 Å². The van der Waals surface area contributed by atoms with Gasteiger partial charge in [0.25, 0.3) is 0 Å². The van der Waals surface area contributed by atoms with Crippen LogP contribution in [0.2, 0.25) is 0 Å². The minimum Gasteiger partial charge on any atom is -0.314 e. The van der Waals surface area contributed by atoms with Crippen molar-refractivity contribution in [2.45, 2.75) is 6.17 Å². The fourth-order valence-electron chi connectivity index (χ4n) is 2.56. The van der Waals surface area contributed by atoms with E-state index in [1.165, 1.54) is 16.3 Å². The van der Waals surface area contributed by atoms with Crippen LogP contribution in [0.4, 0.5) is 0 Å². The maximum atomic E-state index is 6.36. The third-order valence-corrected chi connectivity index (χ3v) is 3.66. The van der Waals surface area contributed by atoms with Gasteiger partial charge in [0.05, 0.1) is 6.17 Å². The molecule has 3 nitrogen and oxygen atoms in total. The van der Waals surface area contributed by atoms with Crippen LogP contribution in [-0.2, 0) is 0 Å². The lowest BCUT2D eigenvalue weighted by Gasteiger charge is -2.32. The molecule has 3 heteroatoms. The minimum absolute atomic E-state index is 0.0108. The van der Waals surface area contributed by atoms with Crippen molar-refractivity contribution >= 4 is 10.8 Å². The van der Waals surface area contributed by atoms with Crippen molar-refractivity contribution in [1.29, 1.82) is 0 Å². The maximum Gasteiger partial charge on any atom is 0.0836 e. The van der Waals surface area contributed by atoms with Gasteiger partial charge in [-0.15, -0.1) is 0 Å². The standard InChI is InChI=1S/C15H19N3/c16-15(18-9-7-17-8-10-18)14-6-5-12-3-1-2-4-13(12)11-14/h1-6,11,15,17H,7-10,16H2. The Morgan fingerprint density at radius 1 is 1.00 bits per heavy atom. The molecule has 1 unspecified atom stereocenters. The molecule has 1 fully saturated rings. The fourth-order valence-corrected chi connectivity index (χ4v) is 2.56. The molecule has 2 aromatic carbocycles. The van der Waals surface area contributed by atoms with E-state index in [0.717, 1.165) is 26.2 Å². The molecular formula is C15H19N3. The Balaban J connectivity index is 1.88. The van der Waals surface area contributed by atoms with Crippen LogP contribution in [-0.4, -0.2) is 31.1 Å². The molecule has 0 amide bonds. The van der Waals surface area contributed by atoms with Crippen LogP contribution in [0.3, 0.4) is 0 Å². The summed E-state index contributed by atoms with van der Waals surface area (Å²) >= 11 is 0. The van der Waals surface area contributed by atoms with Crippen molar-refractivity contribution in [3.63, 3.8) is 0 Å². The lowest BCUT2D eigenvalue weighted by Crippen LogP contribution is -2.47. The van der Waals surface area contributed by atoms with Crippen LogP contribution >= 0.6 is 0 Å². The summed E-state index contributed by atoms with van der Waals surface area (Å²) in [6.45, 7) is 4.10. The SMILES string of the molecule is NC(c1ccc2ccccc2c1)N1CCNCC1. The average molecular weight is 241 g/mol. The number of benzene rings is 2. The van der Waals surface area contributed by atoms with Gasteiger partial charge in [-0.25, -0.2) is 0 Å². The van der Waals surface area contributed by atoms with E-state index in [4.69, 9.17) is 5.73 Å². The predicted molar refractivity (Wildman–Crippen MR) is 75.3 cm³/mol. The highest BCUT2D eigenvalue weighted by Crippen LogP contribution is 2.21. The number of nitrogens with two attached hydrogens (primary N) is 1. The molecule has 18 heavy (non-hydrogen) atoms. The third-order valence-electron chi connectivity index (χ3n) is 3.66. The average Bonchev–Trinajstić information content (AvgIpc) is 2.47. The van der Waals surface area contributed by atoms with Gasteiger partial charge < -0.3 is 11.1 Å². The number of fused-ring (bicyclic) bond motifs is 1. The van der Waals surface area contributed by atoms with Crippen molar-refractivity contribution in [3.8, 4) is 0 Å². The largest absolute Gasteiger partial charge is 0.314 e. The Morgan fingerprint density at radius 2 is 1.72 bits per heavy atom. The smallest absolute Gasteiger partial charge is 0.0836 e. The van der Waals surface area contributed by atoms with Crippen molar-refractivity contribution in [3.05, 3.63) is 48.0 Å². The molecule has 1 heterocycles. The quantitative estimate of drug-likeness (QED) is 0.841. The molecule has 3 rings (SSSR count). The number of hydrogen-bond acceptors (Lipinski definition) is 3. The second-order valence-corrected chi connectivity index (χ2v) is 4.84. The summed E-state index contributed by atoms with van der Waals surface area (Å²) in [5, 5.41) is 5.89. The normalized spacial score (nSPS) is 18.9. The fraction of sp³-hybridized carbons (Fsp3) is 0.333. The first-order valence-electron chi connectivity index (χ1n) is 6.54. The second-order valence-electron chi connectivity index (χ2n) is 4.84. The molecule has 0 aliphatic carbocycles. The zero-order valence-corrected chi connectivity index (χ0v) is 10.5. The Labute approximate surface area is 108 Å². The van der Waals surface area contributed by atoms with Gasteiger partial charge in [0.15, 0.2) is 0 Å². The monoisotopic (exact) mass is 241 g/mol. The summed E-state index contributed by atoms with van der Waals surface area (Å²) in [6.07, 6.45) is 0.0108. The Hall–Kier alpha value is -1.42. The lowest BCUT2D eigenvalue weighted by molar-refractivity contribution is 0.177. The number of nitrogens with zero attached hydrogens (tertiary/aromatic N) is 1. The first kappa shape index (κ1) is 11.7. The van der Waals surface area contributed by atoms with Crippen LogP contribution < -0.4 is 11.1 Å². The molecule has 0 bridgehead atoms. The first-order valence-corrected chi connectivity index (χ1v) is 6.54. The third kappa shape index (κ3) is 2.25. The topological polar surface area (TPSA) is 41.3 Å². The van der Waals surface area contributed by atoms with Crippen LogP contribution in [0.15, 0.2) is 42.5 Å². The zero-order valence-electron chi connectivity index (χ0n) is 10.5. The molecule has 3 N–H and O–H groups in total. The molecule has 0 aromatic heterocycles. The highest BCUT2D eigenvalue weighted by molar-refractivity contribution is 5.83. The molecule has 94 valence electrons. The molecular weight excluding hydrogens is 222 g/mol. The van der Waals surface area contributed by atoms with E-state index in [2.05, 4.69) is 52.7 Å². The van der Waals surface area contributed by atoms with E-state index in [0.29, 0.717) is 0 Å². The molecule has 1 aliphatic rings. The minimum atomic E-state index is 0.0108. The lowest BCUT2D eigenvalue weighted by atomic mass is 10.0. The highest BCUT2D eigenvalue weighted by atomic mass is 15.3. The van der Waals surface area contributed by atoms with Crippen LogP contribution in [0.1, 0.15) is 11.7 Å². The van der Waals surface area contributed by atoms with Crippen LogP contribution in [0.5, 0.6) is 0 Å². The van der Waals surface area contributed by atoms with E-state index < -0.39 is 0 Å². The van der Waals surface area contributed by atoms with E-state index in [-0.39, 0.29) is 6.17 Å².